The predicted octanol–water partition coefficient (Wildman–Crippen LogP) is 1.11. The molecule has 1 aromatic rings. The van der Waals surface area contributed by atoms with E-state index in [-0.39, 0.29) is 5.41 Å². The van der Waals surface area contributed by atoms with Crippen LogP contribution >= 0.6 is 0 Å². The summed E-state index contributed by atoms with van der Waals surface area (Å²) in [5.41, 5.74) is 7.40. The number of hydrogen-bond acceptors (Lipinski definition) is 3. The predicted molar refractivity (Wildman–Crippen MR) is 63.1 cm³/mol. The van der Waals surface area contributed by atoms with Crippen LogP contribution in [0.2, 0.25) is 0 Å². The maximum Gasteiger partial charge on any atom is 0.0534 e. The number of aromatic nitrogens is 2. The molecule has 1 aliphatic rings. The van der Waals surface area contributed by atoms with Crippen molar-refractivity contribution in [2.24, 2.45) is 18.2 Å². The minimum atomic E-state index is 0.202. The van der Waals surface area contributed by atoms with Crippen LogP contribution in [0.15, 0.2) is 12.4 Å². The van der Waals surface area contributed by atoms with E-state index >= 15 is 0 Å². The van der Waals surface area contributed by atoms with Gasteiger partial charge in [-0.3, -0.25) is 4.68 Å². The number of nitrogens with two attached hydrogens (primary N) is 1. The molecule has 0 aliphatic carbocycles. The molecular formula is C12H21N3O. The normalized spacial score (nSPS) is 25.9. The van der Waals surface area contributed by atoms with Crippen LogP contribution in [0.4, 0.5) is 0 Å². The monoisotopic (exact) mass is 223 g/mol. The van der Waals surface area contributed by atoms with Crippen molar-refractivity contribution in [3.63, 3.8) is 0 Å². The Hall–Kier alpha value is -0.870. The topological polar surface area (TPSA) is 53.1 Å². The Balaban J connectivity index is 1.91. The molecule has 0 radical (unpaired) electrons. The van der Waals surface area contributed by atoms with Gasteiger partial charge in [-0.1, -0.05) is 0 Å². The van der Waals surface area contributed by atoms with Gasteiger partial charge in [-0.2, -0.15) is 5.10 Å². The molecule has 0 bridgehead atoms. The molecular weight excluding hydrogens is 202 g/mol. The van der Waals surface area contributed by atoms with Crippen LogP contribution < -0.4 is 5.73 Å². The van der Waals surface area contributed by atoms with Gasteiger partial charge in [0.1, 0.15) is 0 Å². The number of ether oxygens (including phenoxy) is 1. The molecule has 0 saturated carbocycles. The Kier molecular flexibility index (Phi) is 3.61. The first kappa shape index (κ1) is 11.6. The summed E-state index contributed by atoms with van der Waals surface area (Å²) in [7, 11) is 1.95. The first-order valence-corrected chi connectivity index (χ1v) is 5.99. The fraction of sp³-hybridized carbons (Fsp3) is 0.750. The van der Waals surface area contributed by atoms with Gasteiger partial charge in [-0.15, -0.1) is 0 Å². The molecule has 16 heavy (non-hydrogen) atoms. The van der Waals surface area contributed by atoms with E-state index in [1.54, 1.807) is 0 Å². The maximum atomic E-state index is 5.91. The Morgan fingerprint density at radius 3 is 3.06 bits per heavy atom. The number of hydrogen-bond donors (Lipinski definition) is 1. The summed E-state index contributed by atoms with van der Waals surface area (Å²) >= 11 is 0. The van der Waals surface area contributed by atoms with Crippen molar-refractivity contribution in [1.82, 2.24) is 9.78 Å². The maximum absolute atomic E-state index is 5.91. The van der Waals surface area contributed by atoms with E-state index in [1.165, 1.54) is 12.0 Å². The summed E-state index contributed by atoms with van der Waals surface area (Å²) in [5.74, 6) is 0. The van der Waals surface area contributed by atoms with E-state index in [1.807, 2.05) is 17.9 Å². The molecule has 1 aromatic heterocycles. The second kappa shape index (κ2) is 4.97. The van der Waals surface area contributed by atoms with E-state index in [9.17, 15) is 0 Å². The molecule has 1 aliphatic heterocycles. The van der Waals surface area contributed by atoms with Gasteiger partial charge in [0.05, 0.1) is 12.8 Å². The minimum absolute atomic E-state index is 0.202. The Morgan fingerprint density at radius 2 is 2.50 bits per heavy atom. The summed E-state index contributed by atoms with van der Waals surface area (Å²) in [5, 5.41) is 4.18. The van der Waals surface area contributed by atoms with Crippen LogP contribution in [0, 0.1) is 5.41 Å². The number of rotatable bonds is 4. The summed E-state index contributed by atoms with van der Waals surface area (Å²) in [6, 6.07) is 0. The fourth-order valence-corrected chi connectivity index (χ4v) is 2.38. The summed E-state index contributed by atoms with van der Waals surface area (Å²) in [4.78, 5) is 0. The van der Waals surface area contributed by atoms with Crippen LogP contribution in [0.1, 0.15) is 24.8 Å². The fourth-order valence-electron chi connectivity index (χ4n) is 2.38. The molecule has 2 rings (SSSR count). The quantitative estimate of drug-likeness (QED) is 0.832. The molecule has 2 heterocycles. The molecule has 90 valence electrons. The zero-order valence-corrected chi connectivity index (χ0v) is 9.98. The lowest BCUT2D eigenvalue weighted by Crippen LogP contribution is -2.39. The van der Waals surface area contributed by atoms with Crippen LogP contribution in [0.5, 0.6) is 0 Å². The molecule has 1 saturated heterocycles. The summed E-state index contributed by atoms with van der Waals surface area (Å²) < 4.78 is 7.42. The third-order valence-electron chi connectivity index (χ3n) is 3.54. The average molecular weight is 223 g/mol. The van der Waals surface area contributed by atoms with Crippen LogP contribution in [-0.4, -0.2) is 29.5 Å². The highest BCUT2D eigenvalue weighted by molar-refractivity contribution is 5.04. The average Bonchev–Trinajstić information content (AvgIpc) is 2.74. The highest BCUT2D eigenvalue weighted by atomic mass is 16.5. The van der Waals surface area contributed by atoms with Crippen molar-refractivity contribution in [3.05, 3.63) is 18.0 Å². The Labute approximate surface area is 96.8 Å². The molecule has 1 fully saturated rings. The minimum Gasteiger partial charge on any atom is -0.381 e. The Morgan fingerprint density at radius 1 is 1.62 bits per heavy atom. The first-order valence-electron chi connectivity index (χ1n) is 5.99. The van der Waals surface area contributed by atoms with E-state index < -0.39 is 0 Å². The van der Waals surface area contributed by atoms with Gasteiger partial charge >= 0.3 is 0 Å². The van der Waals surface area contributed by atoms with Gasteiger partial charge in [0, 0.05) is 31.8 Å². The van der Waals surface area contributed by atoms with Crippen molar-refractivity contribution in [3.8, 4) is 0 Å². The van der Waals surface area contributed by atoms with Crippen LogP contribution in [0.25, 0.3) is 0 Å². The zero-order valence-electron chi connectivity index (χ0n) is 9.98. The lowest BCUT2D eigenvalue weighted by atomic mass is 9.78. The molecule has 4 heteroatoms. The lowest BCUT2D eigenvalue weighted by molar-refractivity contribution is -0.00726. The van der Waals surface area contributed by atoms with Crippen LogP contribution in [-0.2, 0) is 18.2 Å². The van der Waals surface area contributed by atoms with Crippen molar-refractivity contribution >= 4 is 0 Å². The van der Waals surface area contributed by atoms with Gasteiger partial charge < -0.3 is 10.5 Å². The van der Waals surface area contributed by atoms with Crippen molar-refractivity contribution in [2.45, 2.75) is 25.7 Å². The van der Waals surface area contributed by atoms with Crippen molar-refractivity contribution < 1.29 is 4.74 Å². The van der Waals surface area contributed by atoms with E-state index in [2.05, 4.69) is 11.3 Å². The molecule has 1 atom stereocenters. The molecule has 0 amide bonds. The summed E-state index contributed by atoms with van der Waals surface area (Å²) in [6.07, 6.45) is 8.51. The van der Waals surface area contributed by atoms with Gasteiger partial charge in [0.2, 0.25) is 0 Å². The van der Waals surface area contributed by atoms with E-state index in [0.717, 1.165) is 39.0 Å². The van der Waals surface area contributed by atoms with Crippen molar-refractivity contribution in [1.29, 1.82) is 0 Å². The summed E-state index contributed by atoms with van der Waals surface area (Å²) in [6.45, 7) is 2.45. The number of nitrogens with zero attached hydrogens (tertiary/aromatic N) is 2. The second-order valence-corrected chi connectivity index (χ2v) is 4.88. The standard InChI is InChI=1S/C12H21N3O/c1-15-8-11(7-14-15)3-5-12(9-13)4-2-6-16-10-12/h7-8H,2-6,9-10,13H2,1H3. The highest BCUT2D eigenvalue weighted by Crippen LogP contribution is 2.32. The van der Waals surface area contributed by atoms with Crippen molar-refractivity contribution in [2.75, 3.05) is 19.8 Å². The SMILES string of the molecule is Cn1cc(CCC2(CN)CCCOC2)cn1. The van der Waals surface area contributed by atoms with Gasteiger partial charge in [0.15, 0.2) is 0 Å². The first-order chi connectivity index (χ1) is 7.74. The smallest absolute Gasteiger partial charge is 0.0534 e. The molecule has 4 nitrogen and oxygen atoms in total. The van der Waals surface area contributed by atoms with Gasteiger partial charge in [-0.25, -0.2) is 0 Å². The lowest BCUT2D eigenvalue weighted by Gasteiger charge is -2.36. The third kappa shape index (κ3) is 2.62. The third-order valence-corrected chi connectivity index (χ3v) is 3.54. The van der Waals surface area contributed by atoms with E-state index in [0.29, 0.717) is 0 Å². The molecule has 2 N–H and O–H groups in total. The van der Waals surface area contributed by atoms with Gasteiger partial charge in [0.25, 0.3) is 0 Å². The van der Waals surface area contributed by atoms with Crippen LogP contribution in [0.3, 0.4) is 0 Å². The molecule has 0 aromatic carbocycles. The largest absolute Gasteiger partial charge is 0.381 e. The second-order valence-electron chi connectivity index (χ2n) is 4.88. The van der Waals surface area contributed by atoms with Gasteiger partial charge in [-0.05, 0) is 31.2 Å². The number of aryl methyl sites for hydroxylation is 2. The zero-order chi connectivity index (χ0) is 11.4. The Bertz CT molecular complexity index is 329. The molecule has 0 spiro atoms. The van der Waals surface area contributed by atoms with E-state index in [4.69, 9.17) is 10.5 Å². The molecule has 1 unspecified atom stereocenters. The highest BCUT2D eigenvalue weighted by Gasteiger charge is 2.31.